The smallest absolute Gasteiger partial charge is 0.166 e. The predicted molar refractivity (Wildman–Crippen MR) is 92.2 cm³/mol. The molecule has 2 nitrogen and oxygen atoms in total. The van der Waals surface area contributed by atoms with Crippen molar-refractivity contribution in [1.29, 1.82) is 0 Å². The van der Waals surface area contributed by atoms with E-state index in [1.54, 1.807) is 6.07 Å². The van der Waals surface area contributed by atoms with Crippen LogP contribution >= 0.6 is 22.6 Å². The summed E-state index contributed by atoms with van der Waals surface area (Å²) in [7, 11) is 0. The summed E-state index contributed by atoms with van der Waals surface area (Å²) in [5.41, 5.74) is 0.906. The highest BCUT2D eigenvalue weighted by atomic mass is 127. The molecule has 4 heteroatoms. The molecule has 0 aliphatic heterocycles. The van der Waals surface area contributed by atoms with Crippen LogP contribution in [-0.2, 0) is 6.54 Å². The molecule has 0 bridgehead atoms. The van der Waals surface area contributed by atoms with Crippen LogP contribution in [-0.4, -0.2) is 5.54 Å². The molecule has 0 aliphatic carbocycles. The summed E-state index contributed by atoms with van der Waals surface area (Å²) in [5, 5.41) is 3.33. The van der Waals surface area contributed by atoms with Gasteiger partial charge in [-0.15, -0.1) is 0 Å². The Morgan fingerprint density at radius 2 is 1.81 bits per heavy atom. The first-order valence-electron chi connectivity index (χ1n) is 6.81. The summed E-state index contributed by atoms with van der Waals surface area (Å²) < 4.78 is 20.7. The van der Waals surface area contributed by atoms with Gasteiger partial charge in [-0.2, -0.15) is 0 Å². The van der Waals surface area contributed by atoms with Crippen molar-refractivity contribution < 1.29 is 9.13 Å². The first-order valence-corrected chi connectivity index (χ1v) is 7.89. The lowest BCUT2D eigenvalue weighted by Crippen LogP contribution is -2.35. The van der Waals surface area contributed by atoms with Crippen LogP contribution in [0.2, 0.25) is 0 Å². The third-order valence-electron chi connectivity index (χ3n) is 2.88. The van der Waals surface area contributed by atoms with Gasteiger partial charge in [0.05, 0.1) is 3.57 Å². The van der Waals surface area contributed by atoms with E-state index < -0.39 is 0 Å². The van der Waals surface area contributed by atoms with Gasteiger partial charge in [0.15, 0.2) is 11.6 Å². The number of halogens is 2. The molecule has 0 spiro atoms. The molecule has 2 aromatic rings. The molecule has 2 rings (SSSR count). The van der Waals surface area contributed by atoms with Gasteiger partial charge in [0.2, 0.25) is 0 Å². The Kier molecular flexibility index (Phi) is 5.22. The van der Waals surface area contributed by atoms with Crippen LogP contribution in [0.4, 0.5) is 4.39 Å². The second-order valence-electron chi connectivity index (χ2n) is 5.90. The fourth-order valence-corrected chi connectivity index (χ4v) is 2.25. The minimum Gasteiger partial charge on any atom is -0.453 e. The van der Waals surface area contributed by atoms with Gasteiger partial charge in [-0.3, -0.25) is 0 Å². The van der Waals surface area contributed by atoms with E-state index in [2.05, 4.69) is 48.7 Å². The number of para-hydroxylation sites is 1. The summed E-state index contributed by atoms with van der Waals surface area (Å²) in [5.74, 6) is 0.569. The molecule has 0 atom stereocenters. The second kappa shape index (κ2) is 6.75. The molecule has 2 aromatic carbocycles. The molecule has 0 aromatic heterocycles. The fourth-order valence-electron chi connectivity index (χ4n) is 1.75. The van der Waals surface area contributed by atoms with Gasteiger partial charge in [-0.05, 0) is 73.2 Å². The average Bonchev–Trinajstić information content (AvgIpc) is 2.41. The van der Waals surface area contributed by atoms with E-state index in [4.69, 9.17) is 4.74 Å². The van der Waals surface area contributed by atoms with Crippen molar-refractivity contribution in [2.24, 2.45) is 0 Å². The Morgan fingerprint density at radius 1 is 1.10 bits per heavy atom. The quantitative estimate of drug-likeness (QED) is 0.722. The van der Waals surface area contributed by atoms with Crippen LogP contribution in [0, 0.1) is 9.39 Å². The Bertz CT molecular complexity index is 622. The minimum atomic E-state index is -0.345. The third-order valence-corrected chi connectivity index (χ3v) is 3.77. The van der Waals surface area contributed by atoms with Crippen molar-refractivity contribution in [3.8, 4) is 11.5 Å². The molecule has 0 unspecified atom stereocenters. The predicted octanol–water partition coefficient (Wildman–Crippen LogP) is 5.11. The highest BCUT2D eigenvalue weighted by molar-refractivity contribution is 14.1. The molecule has 0 heterocycles. The number of hydrogen-bond donors (Lipinski definition) is 1. The Balaban J connectivity index is 2.11. The van der Waals surface area contributed by atoms with E-state index in [1.165, 1.54) is 6.07 Å². The highest BCUT2D eigenvalue weighted by Crippen LogP contribution is 2.28. The summed E-state index contributed by atoms with van der Waals surface area (Å²) in [6, 6.07) is 12.6. The van der Waals surface area contributed by atoms with Crippen molar-refractivity contribution in [1.82, 2.24) is 5.32 Å². The molecule has 0 saturated carbocycles. The SMILES string of the molecule is CC(C)(C)NCc1ccc(Oc2ccccc2I)c(F)c1. The first kappa shape index (κ1) is 16.2. The van der Waals surface area contributed by atoms with Crippen LogP contribution in [0.5, 0.6) is 11.5 Å². The third kappa shape index (κ3) is 4.97. The molecule has 0 saturated heterocycles. The topological polar surface area (TPSA) is 21.3 Å². The standard InChI is InChI=1S/C17H19FINO/c1-17(2,3)20-11-12-8-9-15(13(18)10-12)21-16-7-5-4-6-14(16)19/h4-10,20H,11H2,1-3H3. The van der Waals surface area contributed by atoms with Gasteiger partial charge < -0.3 is 10.1 Å². The van der Waals surface area contributed by atoms with Gasteiger partial charge in [-0.25, -0.2) is 4.39 Å². The van der Waals surface area contributed by atoms with Crippen LogP contribution in [0.15, 0.2) is 42.5 Å². The van der Waals surface area contributed by atoms with E-state index >= 15 is 0 Å². The van der Waals surface area contributed by atoms with E-state index in [0.29, 0.717) is 12.3 Å². The molecular weight excluding hydrogens is 380 g/mol. The molecule has 0 radical (unpaired) electrons. The van der Waals surface area contributed by atoms with E-state index in [0.717, 1.165) is 9.13 Å². The van der Waals surface area contributed by atoms with Crippen LogP contribution < -0.4 is 10.1 Å². The monoisotopic (exact) mass is 399 g/mol. The van der Waals surface area contributed by atoms with Gasteiger partial charge in [-0.1, -0.05) is 18.2 Å². The largest absolute Gasteiger partial charge is 0.453 e. The molecule has 0 aliphatic rings. The fraction of sp³-hybridized carbons (Fsp3) is 0.294. The van der Waals surface area contributed by atoms with Crippen molar-refractivity contribution in [2.45, 2.75) is 32.9 Å². The maximum absolute atomic E-state index is 14.1. The summed E-state index contributed by atoms with van der Waals surface area (Å²) >= 11 is 2.17. The maximum atomic E-state index is 14.1. The van der Waals surface area contributed by atoms with Crippen molar-refractivity contribution >= 4 is 22.6 Å². The van der Waals surface area contributed by atoms with Gasteiger partial charge in [0, 0.05) is 12.1 Å². The zero-order valence-corrected chi connectivity index (χ0v) is 14.6. The van der Waals surface area contributed by atoms with Crippen LogP contribution in [0.1, 0.15) is 26.3 Å². The van der Waals surface area contributed by atoms with Gasteiger partial charge in [0.25, 0.3) is 0 Å². The van der Waals surface area contributed by atoms with E-state index in [1.807, 2.05) is 30.3 Å². The van der Waals surface area contributed by atoms with Crippen LogP contribution in [0.3, 0.4) is 0 Å². The van der Waals surface area contributed by atoms with Crippen LogP contribution in [0.25, 0.3) is 0 Å². The first-order chi connectivity index (χ1) is 9.85. The Hall–Kier alpha value is -1.14. The summed E-state index contributed by atoms with van der Waals surface area (Å²) in [6.45, 7) is 6.87. The molecule has 0 fully saturated rings. The van der Waals surface area contributed by atoms with Crippen molar-refractivity contribution in [3.63, 3.8) is 0 Å². The number of nitrogens with one attached hydrogen (secondary N) is 1. The maximum Gasteiger partial charge on any atom is 0.166 e. The second-order valence-corrected chi connectivity index (χ2v) is 7.06. The Labute approximate surface area is 138 Å². The van der Waals surface area contributed by atoms with Gasteiger partial charge in [0.1, 0.15) is 5.75 Å². The molecular formula is C17H19FINO. The van der Waals surface area contributed by atoms with E-state index in [-0.39, 0.29) is 17.1 Å². The molecule has 21 heavy (non-hydrogen) atoms. The minimum absolute atomic E-state index is 0.00575. The lowest BCUT2D eigenvalue weighted by molar-refractivity contribution is 0.420. The number of rotatable bonds is 4. The zero-order valence-electron chi connectivity index (χ0n) is 12.4. The zero-order chi connectivity index (χ0) is 15.5. The van der Waals surface area contributed by atoms with Crippen molar-refractivity contribution in [2.75, 3.05) is 0 Å². The molecule has 0 amide bonds. The number of benzene rings is 2. The highest BCUT2D eigenvalue weighted by Gasteiger charge is 2.11. The summed E-state index contributed by atoms with van der Waals surface area (Å²) in [4.78, 5) is 0. The molecule has 1 N–H and O–H groups in total. The van der Waals surface area contributed by atoms with E-state index in [9.17, 15) is 4.39 Å². The number of hydrogen-bond acceptors (Lipinski definition) is 2. The average molecular weight is 399 g/mol. The lowest BCUT2D eigenvalue weighted by Gasteiger charge is -2.20. The lowest BCUT2D eigenvalue weighted by atomic mass is 10.1. The number of ether oxygens (including phenoxy) is 1. The van der Waals surface area contributed by atoms with Gasteiger partial charge >= 0.3 is 0 Å². The van der Waals surface area contributed by atoms with Crippen molar-refractivity contribution in [3.05, 3.63) is 57.4 Å². The molecule has 112 valence electrons. The normalized spacial score (nSPS) is 11.5. The summed E-state index contributed by atoms with van der Waals surface area (Å²) in [6.07, 6.45) is 0. The Morgan fingerprint density at radius 3 is 2.43 bits per heavy atom.